The third kappa shape index (κ3) is 31.6. The Kier molecular flexibility index (Phi) is 55.8. The van der Waals surface area contributed by atoms with Crippen LogP contribution in [0.4, 0.5) is 0 Å². The second-order valence-electron chi connectivity index (χ2n) is 48.9. The molecule has 12 aliphatic carbocycles. The number of hydrogen-bond acceptors (Lipinski definition) is 6. The molecule has 15 fully saturated rings. The van der Waals surface area contributed by atoms with Crippen molar-refractivity contribution in [3.63, 3.8) is 0 Å². The van der Waals surface area contributed by atoms with Gasteiger partial charge in [0.2, 0.25) is 0 Å². The minimum absolute atomic E-state index is 0. The summed E-state index contributed by atoms with van der Waals surface area (Å²) in [5.41, 5.74) is 1.64. The van der Waals surface area contributed by atoms with Crippen LogP contribution >= 0.6 is 51.1 Å². The van der Waals surface area contributed by atoms with E-state index in [2.05, 4.69) is 153 Å². The second-order valence-corrected chi connectivity index (χ2v) is 60.1. The van der Waals surface area contributed by atoms with Gasteiger partial charge in [0.15, 0.2) is 0 Å². The van der Waals surface area contributed by atoms with Gasteiger partial charge in [0.1, 0.15) is 0 Å². The predicted molar refractivity (Wildman–Crippen MR) is 547 cm³/mol. The van der Waals surface area contributed by atoms with E-state index >= 15 is 0 Å². The quantitative estimate of drug-likeness (QED) is 0.0574. The minimum atomic E-state index is -0.826. The van der Waals surface area contributed by atoms with E-state index in [1.807, 2.05) is 0 Å². The van der Waals surface area contributed by atoms with Gasteiger partial charge in [0.25, 0.3) is 0 Å². The van der Waals surface area contributed by atoms with Crippen LogP contribution in [0.15, 0.2) is 0 Å². The van der Waals surface area contributed by atoms with Crippen molar-refractivity contribution in [1.82, 2.24) is 14.7 Å². The SMILES string of the molecule is CC1CCC2C(C1)C1C(C3CCCCC3C1C(C)(C)C1CCC(CCCCCCOC(C)(C)C)C1)N2C.CCN1C2CCC(C)CC2C2C1C1CCCCC1C2C(C)(C)C1CCC(CCCCCCOC(C)(C)C)C1.CN1C2CCCCC2C2C1C1CCCCC1C2C(C)(C)C1CCC(CCCCCCOC(C)(C)C)C1.[CH3-].[CH3-].[CH3-].[CH3-].[CH3-].[CH3-].[Cl][Zr+2][Cl].[Cl][Zr+2][Cl].[Cl][Zr+2][Cl]. The molecule has 29 atom stereocenters. The topological polar surface area (TPSA) is 37.4 Å². The molecule has 0 amide bonds. The molecule has 0 aromatic heterocycles. The van der Waals surface area contributed by atoms with Gasteiger partial charge in [0.05, 0.1) is 16.8 Å². The van der Waals surface area contributed by atoms with Gasteiger partial charge in [-0.25, -0.2) is 0 Å². The molecule has 0 radical (unpaired) electrons. The molecule has 15 heteroatoms. The molecular weight excluding hydrogens is 1910 g/mol. The van der Waals surface area contributed by atoms with Crippen molar-refractivity contribution >= 4 is 51.1 Å². The zero-order valence-electron chi connectivity index (χ0n) is 87.4. The molecule has 126 heavy (non-hydrogen) atoms. The molecule has 6 nitrogen and oxygen atoms in total. The van der Waals surface area contributed by atoms with Crippen LogP contribution in [0.3, 0.4) is 0 Å². The average molecular weight is 2120 g/mol. The summed E-state index contributed by atoms with van der Waals surface area (Å²) in [6, 6.07) is 5.49. The number of hydrogen-bond donors (Lipinski definition) is 0. The number of ether oxygens (including phenoxy) is 3. The van der Waals surface area contributed by atoms with Gasteiger partial charge < -0.3 is 58.8 Å². The molecule has 15 rings (SSSR count). The zero-order valence-corrected chi connectivity index (χ0v) is 99.3. The molecule has 3 aliphatic heterocycles. The first-order chi connectivity index (χ1) is 57.1. The molecule has 0 aromatic carbocycles. The van der Waals surface area contributed by atoms with Gasteiger partial charge in [-0.2, -0.15) is 0 Å². The van der Waals surface area contributed by atoms with E-state index in [9.17, 15) is 0 Å². The van der Waals surface area contributed by atoms with Gasteiger partial charge in [-0.3, -0.25) is 14.7 Å². The Labute approximate surface area is 844 Å². The Bertz CT molecular complexity index is 2890. The fourth-order valence-electron chi connectivity index (χ4n) is 33.3. The van der Waals surface area contributed by atoms with E-state index < -0.39 is 62.5 Å². The van der Waals surface area contributed by atoms with Crippen molar-refractivity contribution in [3.05, 3.63) is 44.6 Å². The Balaban J connectivity index is 0.000000369. The van der Waals surface area contributed by atoms with Crippen molar-refractivity contribution < 1.29 is 76.8 Å². The van der Waals surface area contributed by atoms with Crippen molar-refractivity contribution in [3.8, 4) is 0 Å². The summed E-state index contributed by atoms with van der Waals surface area (Å²) in [5, 5.41) is 0. The Morgan fingerprint density at radius 2 is 0.548 bits per heavy atom. The predicted octanol–water partition coefficient (Wildman–Crippen LogP) is 35.1. The molecule has 3 saturated heterocycles. The third-order valence-corrected chi connectivity index (χ3v) is 37.9. The van der Waals surface area contributed by atoms with Crippen molar-refractivity contribution in [2.24, 2.45) is 152 Å². The summed E-state index contributed by atoms with van der Waals surface area (Å²) in [6.07, 6.45) is 67.8. The molecule has 15 aliphatic rings. The fraction of sp³-hybridized carbons (Fsp3) is 0.946. The van der Waals surface area contributed by atoms with Crippen LogP contribution in [0.1, 0.15) is 420 Å². The maximum absolute atomic E-state index is 5.93. The molecule has 738 valence electrons. The first-order valence-corrected chi connectivity index (χ1v) is 71.1. The Hall–Kier alpha value is 4.15. The molecule has 0 bridgehead atoms. The van der Waals surface area contributed by atoms with Crippen LogP contribution in [0.2, 0.25) is 0 Å². The van der Waals surface area contributed by atoms with Crippen LogP contribution in [0, 0.1) is 197 Å². The number of likely N-dealkylation sites (tertiary alicyclic amines) is 3. The summed E-state index contributed by atoms with van der Waals surface area (Å²) < 4.78 is 17.8. The molecule has 3 heterocycles. The Morgan fingerprint density at radius 1 is 0.286 bits per heavy atom. The van der Waals surface area contributed by atoms with Gasteiger partial charge in [0, 0.05) is 56.1 Å². The molecular formula is C111H207Cl6N3O3Zr3. The summed E-state index contributed by atoms with van der Waals surface area (Å²) in [6.45, 7) is 47.9. The van der Waals surface area contributed by atoms with Gasteiger partial charge >= 0.3 is 114 Å². The maximum atomic E-state index is 5.93. The molecule has 0 N–H and O–H groups in total. The van der Waals surface area contributed by atoms with Crippen LogP contribution in [-0.4, -0.2) is 108 Å². The van der Waals surface area contributed by atoms with Crippen LogP contribution in [-0.2, 0) is 76.8 Å². The van der Waals surface area contributed by atoms with Crippen LogP contribution in [0.5, 0.6) is 0 Å². The average Bonchev–Trinajstić information content (AvgIpc) is 1.55. The van der Waals surface area contributed by atoms with Crippen molar-refractivity contribution in [1.29, 1.82) is 0 Å². The van der Waals surface area contributed by atoms with Gasteiger partial charge in [-0.1, -0.05) is 210 Å². The molecule has 0 aromatic rings. The third-order valence-electron chi connectivity index (χ3n) is 37.9. The van der Waals surface area contributed by atoms with E-state index in [0.29, 0.717) is 16.2 Å². The van der Waals surface area contributed by atoms with Crippen LogP contribution < -0.4 is 0 Å². The standard InChI is InChI=1S/C36H65NO.C35H63NO.C34H61NO.6CH3.6ClH.3Zr/c1-8-37-31-21-18-25(2)23-30(31)32-33(28-16-12-13-17-29(28)34(32)37)36(6,7)27-20-19-26(24-27)15-11-9-10-14-22-38-35(3,4)5;1-24-17-20-30-29(22-24)31-32(27-15-11-12-16-28(27)33(31)36(30)7)35(5,6)26-19-18-25(23-26)14-10-8-9-13-21-37-34(2,3)4;1-33(2,3)36-22-14-8-7-9-15-24-20-21-25(23-24)34(4,5)31-26-16-10-11-17-27(26)32-30(31)28-18-12-13-19-29(28)35(32)6;;;;;;;;;;;;;;;/h25-34H,8-24H2,1-7H3;24-33H,8-23H2,1-7H3;24-32H,7-23H2,1-6H3;6*1H3;6*1H;;;/q;;;6*-1;;;;;;;3*+4/p-6. The Morgan fingerprint density at radius 3 is 0.873 bits per heavy atom. The van der Waals surface area contributed by atoms with E-state index in [1.165, 1.54) is 283 Å². The van der Waals surface area contributed by atoms with E-state index in [0.717, 1.165) is 192 Å². The van der Waals surface area contributed by atoms with Crippen molar-refractivity contribution in [2.75, 3.05) is 40.5 Å². The number of rotatable bonds is 28. The normalized spacial score (nSPS) is 37.1. The fourth-order valence-corrected chi connectivity index (χ4v) is 33.3. The first-order valence-electron chi connectivity index (χ1n) is 52.1. The van der Waals surface area contributed by atoms with E-state index in [4.69, 9.17) is 65.3 Å². The zero-order chi connectivity index (χ0) is 87.1. The summed E-state index contributed by atoms with van der Waals surface area (Å²) in [7, 11) is 34.7. The molecule has 12 saturated carbocycles. The summed E-state index contributed by atoms with van der Waals surface area (Å²) in [5.74, 6) is 22.9. The molecule has 0 spiro atoms. The van der Waals surface area contributed by atoms with E-state index in [1.54, 1.807) is 19.3 Å². The number of halogens is 6. The van der Waals surface area contributed by atoms with Gasteiger partial charge in [-0.15, -0.1) is 0 Å². The molecule has 29 unspecified atom stereocenters. The number of unbranched alkanes of at least 4 members (excludes halogenated alkanes) is 9. The number of nitrogens with zero attached hydrogens (tertiary/aromatic N) is 3. The summed E-state index contributed by atoms with van der Waals surface area (Å²) in [4.78, 5) is 9.05. The first kappa shape index (κ1) is 122. The second kappa shape index (κ2) is 57.4. The van der Waals surface area contributed by atoms with Crippen molar-refractivity contribution in [2.45, 2.75) is 473 Å². The number of fused-ring (bicyclic) bond motifs is 15. The van der Waals surface area contributed by atoms with E-state index in [-0.39, 0.29) is 61.4 Å². The summed E-state index contributed by atoms with van der Waals surface area (Å²) >= 11 is -2.48. The van der Waals surface area contributed by atoms with Gasteiger partial charge in [-0.05, 0) is 383 Å². The van der Waals surface area contributed by atoms with Crippen LogP contribution in [0.25, 0.3) is 0 Å². The monoisotopic (exact) mass is 2110 g/mol.